The van der Waals surface area contributed by atoms with Crippen LogP contribution in [0.2, 0.25) is 5.02 Å². The van der Waals surface area contributed by atoms with Crippen LogP contribution in [0.4, 0.5) is 17.1 Å². The van der Waals surface area contributed by atoms with Gasteiger partial charge in [0, 0.05) is 26.2 Å². The number of benzene rings is 2. The molecule has 30 heavy (non-hydrogen) atoms. The number of phenolic OH excluding ortho intramolecular Hbond substituents is 1. The number of piperazine rings is 1. The van der Waals surface area contributed by atoms with Crippen molar-refractivity contribution in [3.05, 3.63) is 47.0 Å². The third-order valence-corrected chi connectivity index (χ3v) is 5.91. The second-order valence-electron chi connectivity index (χ2n) is 7.33. The maximum Gasteiger partial charge on any atom is 0.233 e. The van der Waals surface area contributed by atoms with E-state index in [4.69, 9.17) is 17.3 Å². The van der Waals surface area contributed by atoms with Gasteiger partial charge in [0.25, 0.3) is 0 Å². The Morgan fingerprint density at radius 1 is 1.17 bits per heavy atom. The standard InChI is InChI=1S/C22H27ClN4O3/c1-2-5-16(22(30)25-14-28)15-6-3-7-17(20(15)23)26-10-12-27(13-11-26)18-8-4-9-19(29)21(18)24/h3-4,6-9,14,16,29H,2,5,10-13,24H2,1H3,(H,25,28,30). The first-order valence-electron chi connectivity index (χ1n) is 10.1. The predicted octanol–water partition coefficient (Wildman–Crippen LogP) is 3.11. The predicted molar refractivity (Wildman–Crippen MR) is 120 cm³/mol. The van der Waals surface area contributed by atoms with Gasteiger partial charge in [-0.05, 0) is 30.2 Å². The molecular formula is C22H27ClN4O3. The number of nitrogens with zero attached hydrogens (tertiary/aromatic N) is 2. The number of amides is 2. The number of carbonyl (C=O) groups excluding carboxylic acids is 2. The number of carbonyl (C=O) groups is 2. The zero-order chi connectivity index (χ0) is 21.7. The fraction of sp³-hybridized carbons (Fsp3) is 0.364. The van der Waals surface area contributed by atoms with E-state index >= 15 is 0 Å². The number of phenols is 1. The molecule has 7 nitrogen and oxygen atoms in total. The molecule has 0 aliphatic carbocycles. The van der Waals surface area contributed by atoms with Crippen molar-refractivity contribution in [2.45, 2.75) is 25.7 Å². The largest absolute Gasteiger partial charge is 0.506 e. The molecule has 0 aromatic heterocycles. The topological polar surface area (TPSA) is 98.9 Å². The van der Waals surface area contributed by atoms with Crippen LogP contribution in [-0.4, -0.2) is 43.6 Å². The summed E-state index contributed by atoms with van der Waals surface area (Å²) in [6.07, 6.45) is 1.81. The summed E-state index contributed by atoms with van der Waals surface area (Å²) < 4.78 is 0. The van der Waals surface area contributed by atoms with Gasteiger partial charge < -0.3 is 20.6 Å². The number of nitrogen functional groups attached to an aromatic ring is 1. The summed E-state index contributed by atoms with van der Waals surface area (Å²) in [6, 6.07) is 11.0. The van der Waals surface area contributed by atoms with Crippen molar-refractivity contribution in [3.8, 4) is 5.75 Å². The Bertz CT molecular complexity index is 913. The van der Waals surface area contributed by atoms with E-state index in [1.807, 2.05) is 31.2 Å². The minimum Gasteiger partial charge on any atom is -0.506 e. The van der Waals surface area contributed by atoms with Crippen molar-refractivity contribution in [3.63, 3.8) is 0 Å². The fourth-order valence-electron chi connectivity index (χ4n) is 3.93. The highest BCUT2D eigenvalue weighted by Gasteiger charge is 2.26. The number of halogens is 1. The van der Waals surface area contributed by atoms with Crippen molar-refractivity contribution in [2.75, 3.05) is 41.7 Å². The van der Waals surface area contributed by atoms with Gasteiger partial charge in [-0.1, -0.05) is 43.1 Å². The van der Waals surface area contributed by atoms with Crippen molar-refractivity contribution in [1.82, 2.24) is 5.32 Å². The van der Waals surface area contributed by atoms with Crippen molar-refractivity contribution in [1.29, 1.82) is 0 Å². The smallest absolute Gasteiger partial charge is 0.233 e. The highest BCUT2D eigenvalue weighted by molar-refractivity contribution is 6.34. The van der Waals surface area contributed by atoms with E-state index in [0.717, 1.165) is 49.5 Å². The second kappa shape index (κ2) is 9.71. The molecule has 1 saturated heterocycles. The number of para-hydroxylation sites is 1. The minimum absolute atomic E-state index is 0.0845. The molecule has 0 saturated carbocycles. The minimum atomic E-state index is -0.471. The number of aromatic hydroxyl groups is 1. The van der Waals surface area contributed by atoms with Crippen molar-refractivity contribution in [2.24, 2.45) is 0 Å². The molecule has 8 heteroatoms. The summed E-state index contributed by atoms with van der Waals surface area (Å²) in [7, 11) is 0. The van der Waals surface area contributed by atoms with E-state index in [1.165, 1.54) is 0 Å². The molecule has 160 valence electrons. The first kappa shape index (κ1) is 21.8. The average molecular weight is 431 g/mol. The fourth-order valence-corrected chi connectivity index (χ4v) is 4.31. The van der Waals surface area contributed by atoms with Gasteiger partial charge in [0.05, 0.1) is 28.0 Å². The first-order valence-corrected chi connectivity index (χ1v) is 10.5. The molecule has 1 atom stereocenters. The lowest BCUT2D eigenvalue weighted by Crippen LogP contribution is -2.47. The summed E-state index contributed by atoms with van der Waals surface area (Å²) in [5.41, 5.74) is 8.84. The van der Waals surface area contributed by atoms with Crippen LogP contribution in [0.5, 0.6) is 5.75 Å². The maximum atomic E-state index is 12.4. The summed E-state index contributed by atoms with van der Waals surface area (Å²) in [4.78, 5) is 27.4. The number of imide groups is 1. The summed E-state index contributed by atoms with van der Waals surface area (Å²) in [5.74, 6) is -0.725. The van der Waals surface area contributed by atoms with E-state index in [2.05, 4.69) is 15.1 Å². The molecule has 1 aliphatic rings. The number of hydrogen-bond donors (Lipinski definition) is 3. The van der Waals surface area contributed by atoms with Gasteiger partial charge in [0.2, 0.25) is 12.3 Å². The Labute approximate surface area is 181 Å². The van der Waals surface area contributed by atoms with Gasteiger partial charge in [0.1, 0.15) is 5.75 Å². The van der Waals surface area contributed by atoms with E-state index < -0.39 is 5.92 Å². The van der Waals surface area contributed by atoms with E-state index in [1.54, 1.807) is 12.1 Å². The van der Waals surface area contributed by atoms with Crippen molar-refractivity contribution < 1.29 is 14.7 Å². The van der Waals surface area contributed by atoms with Crippen molar-refractivity contribution >= 4 is 41.0 Å². The van der Waals surface area contributed by atoms with Crippen LogP contribution in [0.25, 0.3) is 0 Å². The second-order valence-corrected chi connectivity index (χ2v) is 7.71. The Kier molecular flexibility index (Phi) is 7.05. The number of nitrogens with one attached hydrogen (secondary N) is 1. The molecule has 1 aliphatic heterocycles. The molecule has 1 unspecified atom stereocenters. The Morgan fingerprint density at radius 2 is 1.77 bits per heavy atom. The van der Waals surface area contributed by atoms with Gasteiger partial charge >= 0.3 is 0 Å². The van der Waals surface area contributed by atoms with Crippen LogP contribution in [-0.2, 0) is 9.59 Å². The van der Waals surface area contributed by atoms with Crippen LogP contribution in [0.15, 0.2) is 36.4 Å². The van der Waals surface area contributed by atoms with E-state index in [-0.39, 0.29) is 11.7 Å². The van der Waals surface area contributed by atoms with Gasteiger partial charge in [-0.2, -0.15) is 0 Å². The first-order chi connectivity index (χ1) is 14.5. The van der Waals surface area contributed by atoms with Gasteiger partial charge in [-0.15, -0.1) is 0 Å². The molecule has 0 spiro atoms. The zero-order valence-corrected chi connectivity index (χ0v) is 17.7. The van der Waals surface area contributed by atoms with Crippen LogP contribution < -0.4 is 20.9 Å². The highest BCUT2D eigenvalue weighted by Crippen LogP contribution is 2.37. The van der Waals surface area contributed by atoms with Crippen LogP contribution in [0, 0.1) is 0 Å². The third kappa shape index (κ3) is 4.46. The summed E-state index contributed by atoms with van der Waals surface area (Å²) >= 11 is 6.74. The number of hydrogen-bond acceptors (Lipinski definition) is 6. The van der Waals surface area contributed by atoms with Crippen LogP contribution in [0.3, 0.4) is 0 Å². The lowest BCUT2D eigenvalue weighted by atomic mass is 9.93. The quantitative estimate of drug-likeness (QED) is 0.354. The average Bonchev–Trinajstić information content (AvgIpc) is 2.75. The molecule has 2 amide bonds. The highest BCUT2D eigenvalue weighted by atomic mass is 35.5. The summed E-state index contributed by atoms with van der Waals surface area (Å²) in [5, 5.41) is 12.7. The monoisotopic (exact) mass is 430 g/mol. The zero-order valence-electron chi connectivity index (χ0n) is 17.0. The number of rotatable bonds is 7. The summed E-state index contributed by atoms with van der Waals surface area (Å²) in [6.45, 7) is 4.87. The molecule has 3 rings (SSSR count). The lowest BCUT2D eigenvalue weighted by molar-refractivity contribution is -0.126. The van der Waals surface area contributed by atoms with E-state index in [0.29, 0.717) is 23.5 Å². The molecule has 1 heterocycles. The third-order valence-electron chi connectivity index (χ3n) is 5.50. The van der Waals surface area contributed by atoms with Gasteiger partial charge in [-0.25, -0.2) is 0 Å². The Balaban J connectivity index is 1.79. The molecule has 0 radical (unpaired) electrons. The Hall–Kier alpha value is -2.93. The van der Waals surface area contributed by atoms with Crippen LogP contribution in [0.1, 0.15) is 31.2 Å². The number of nitrogens with two attached hydrogens (primary N) is 1. The lowest BCUT2D eigenvalue weighted by Gasteiger charge is -2.38. The SMILES string of the molecule is CCCC(C(=O)NC=O)c1cccc(N2CCN(c3cccc(O)c3N)CC2)c1Cl. The molecule has 2 aromatic rings. The van der Waals surface area contributed by atoms with Gasteiger partial charge in [-0.3, -0.25) is 14.9 Å². The molecule has 4 N–H and O–H groups in total. The van der Waals surface area contributed by atoms with Crippen LogP contribution >= 0.6 is 11.6 Å². The van der Waals surface area contributed by atoms with E-state index in [9.17, 15) is 14.7 Å². The molecule has 0 bridgehead atoms. The van der Waals surface area contributed by atoms with Gasteiger partial charge in [0.15, 0.2) is 0 Å². The maximum absolute atomic E-state index is 12.4. The number of anilines is 3. The normalized spacial score (nSPS) is 15.0. The Morgan fingerprint density at radius 3 is 2.40 bits per heavy atom. The molecule has 2 aromatic carbocycles. The molecule has 1 fully saturated rings. The molecular weight excluding hydrogens is 404 g/mol.